The first-order chi connectivity index (χ1) is 27.4. The molecule has 2 saturated heterocycles. The molecule has 9 rings (SSSR count). The first-order valence-electron chi connectivity index (χ1n) is 18.6. The van der Waals surface area contributed by atoms with Gasteiger partial charge in [0.2, 0.25) is 0 Å². The summed E-state index contributed by atoms with van der Waals surface area (Å²) >= 11 is 0. The number of rotatable bonds is 14. The Labute approximate surface area is 326 Å². The number of ether oxygens (including phenoxy) is 8. The van der Waals surface area contributed by atoms with Crippen LogP contribution in [0, 0.1) is 5.92 Å². The highest BCUT2D eigenvalue weighted by Crippen LogP contribution is 2.34. The number of benzene rings is 6. The Kier molecular flexibility index (Phi) is 12.7. The van der Waals surface area contributed by atoms with Crippen molar-refractivity contribution < 1.29 is 48.1 Å². The lowest BCUT2D eigenvalue weighted by Crippen LogP contribution is -2.03. The molecule has 3 aliphatic rings. The molecule has 1 aliphatic carbocycles. The van der Waals surface area contributed by atoms with Gasteiger partial charge < -0.3 is 48.1 Å². The molecule has 2 atom stereocenters. The molecule has 2 aliphatic heterocycles. The molecule has 6 aromatic rings. The van der Waals surface area contributed by atoms with Gasteiger partial charge in [-0.1, -0.05) is 36.4 Å². The summed E-state index contributed by atoms with van der Waals surface area (Å²) in [6.07, 6.45) is 3.35. The van der Waals surface area contributed by atoms with Gasteiger partial charge in [-0.2, -0.15) is 0 Å². The Morgan fingerprint density at radius 1 is 0.446 bits per heavy atom. The van der Waals surface area contributed by atoms with Gasteiger partial charge in [0, 0.05) is 36.4 Å². The summed E-state index contributed by atoms with van der Waals surface area (Å²) in [4.78, 5) is 0. The first kappa shape index (κ1) is 37.9. The molecular weight excluding hydrogens is 712 g/mol. The van der Waals surface area contributed by atoms with E-state index in [2.05, 4.69) is 6.92 Å². The predicted octanol–water partition coefficient (Wildman–Crippen LogP) is 10.9. The molecule has 1 saturated carbocycles. The van der Waals surface area contributed by atoms with Crippen LogP contribution in [0.25, 0.3) is 0 Å². The van der Waals surface area contributed by atoms with Crippen molar-refractivity contribution in [1.82, 2.24) is 0 Å². The fourth-order valence-electron chi connectivity index (χ4n) is 5.04. The van der Waals surface area contributed by atoms with Crippen molar-refractivity contribution >= 4 is 0 Å². The van der Waals surface area contributed by atoms with E-state index in [1.54, 1.807) is 60.7 Å². The van der Waals surface area contributed by atoms with Crippen LogP contribution in [0.2, 0.25) is 0 Å². The van der Waals surface area contributed by atoms with Crippen LogP contribution < -0.4 is 28.4 Å². The van der Waals surface area contributed by atoms with Crippen LogP contribution in [0.4, 0.5) is 0 Å². The summed E-state index contributed by atoms with van der Waals surface area (Å²) in [5.74, 6) is 7.68. The summed E-state index contributed by atoms with van der Waals surface area (Å²) in [5, 5.41) is 18.9. The van der Waals surface area contributed by atoms with Crippen molar-refractivity contribution in [2.24, 2.45) is 5.92 Å². The van der Waals surface area contributed by atoms with Crippen LogP contribution in [-0.2, 0) is 9.47 Å². The van der Waals surface area contributed by atoms with Gasteiger partial charge >= 0.3 is 0 Å². The van der Waals surface area contributed by atoms with Gasteiger partial charge in [-0.3, -0.25) is 0 Å². The minimum atomic E-state index is 0.143. The fourth-order valence-corrected chi connectivity index (χ4v) is 5.04. The lowest BCUT2D eigenvalue weighted by atomic mass is 10.3. The van der Waals surface area contributed by atoms with Gasteiger partial charge in [0.15, 0.2) is 0 Å². The monoisotopic (exact) mass is 756 g/mol. The van der Waals surface area contributed by atoms with Crippen LogP contribution in [0.5, 0.6) is 69.0 Å². The third kappa shape index (κ3) is 13.2. The Morgan fingerprint density at radius 3 is 1.07 bits per heavy atom. The number of phenolic OH excluding ortho intramolecular Hbond substituents is 2. The second-order valence-corrected chi connectivity index (χ2v) is 13.5. The van der Waals surface area contributed by atoms with E-state index in [0.29, 0.717) is 58.9 Å². The normalized spacial score (nSPS) is 16.1. The van der Waals surface area contributed by atoms with Crippen LogP contribution in [0.15, 0.2) is 146 Å². The number of aromatic hydroxyl groups is 2. The molecule has 0 amide bonds. The van der Waals surface area contributed by atoms with Crippen molar-refractivity contribution in [3.63, 3.8) is 0 Å². The van der Waals surface area contributed by atoms with Crippen molar-refractivity contribution in [1.29, 1.82) is 0 Å². The highest BCUT2D eigenvalue weighted by atomic mass is 16.6. The summed E-state index contributed by atoms with van der Waals surface area (Å²) in [6, 6.07) is 43.1. The quantitative estimate of drug-likeness (QED) is 0.104. The van der Waals surface area contributed by atoms with Crippen molar-refractivity contribution in [3.05, 3.63) is 146 Å². The first-order valence-corrected chi connectivity index (χ1v) is 18.6. The molecule has 2 heterocycles. The molecule has 2 N–H and O–H groups in total. The van der Waals surface area contributed by atoms with E-state index in [1.165, 1.54) is 25.0 Å². The smallest absolute Gasteiger partial charge is 0.131 e. The Balaban J connectivity index is 0.000000162. The van der Waals surface area contributed by atoms with Crippen LogP contribution >= 0.6 is 0 Å². The second-order valence-electron chi connectivity index (χ2n) is 13.5. The minimum Gasteiger partial charge on any atom is -0.508 e. The largest absolute Gasteiger partial charge is 0.508 e. The molecule has 0 bridgehead atoms. The SMILES string of the molecule is CC1CO1.Oc1cccc(Oc2cccc(Oc3cccc(O)c3)c2)c1.c1cc(OCC2CC2)cc(Oc2cccc(Oc3cccc(OCC4CO4)c3)c2)c1. The number of hydrogen-bond acceptors (Lipinski definition) is 10. The molecule has 10 heteroatoms. The minimum absolute atomic E-state index is 0.143. The molecule has 3 fully saturated rings. The summed E-state index contributed by atoms with van der Waals surface area (Å²) in [6.45, 7) is 5.16. The van der Waals surface area contributed by atoms with E-state index >= 15 is 0 Å². The summed E-state index contributed by atoms with van der Waals surface area (Å²) in [7, 11) is 0. The fraction of sp³-hybridized carbons (Fsp3) is 0.217. The Morgan fingerprint density at radius 2 is 0.750 bits per heavy atom. The number of hydrogen-bond donors (Lipinski definition) is 2. The lowest BCUT2D eigenvalue weighted by Gasteiger charge is -2.11. The van der Waals surface area contributed by atoms with Crippen molar-refractivity contribution in [3.8, 4) is 69.0 Å². The van der Waals surface area contributed by atoms with Gasteiger partial charge in [0.05, 0.1) is 25.9 Å². The van der Waals surface area contributed by atoms with Gasteiger partial charge in [-0.05, 0) is 98.5 Å². The van der Waals surface area contributed by atoms with Crippen LogP contribution in [0.1, 0.15) is 19.8 Å². The third-order valence-electron chi connectivity index (χ3n) is 8.32. The van der Waals surface area contributed by atoms with E-state index in [4.69, 9.17) is 37.9 Å². The van der Waals surface area contributed by atoms with E-state index in [0.717, 1.165) is 37.1 Å². The Bertz CT molecular complexity index is 2020. The molecule has 0 spiro atoms. The molecular formula is C46H44O10. The van der Waals surface area contributed by atoms with Gasteiger partial charge in [0.1, 0.15) is 81.7 Å². The molecule has 2 unspecified atom stereocenters. The second kappa shape index (κ2) is 18.8. The van der Waals surface area contributed by atoms with E-state index < -0.39 is 0 Å². The van der Waals surface area contributed by atoms with Crippen molar-refractivity contribution in [2.75, 3.05) is 26.4 Å². The highest BCUT2D eigenvalue weighted by Gasteiger charge is 2.23. The maximum absolute atomic E-state index is 9.44. The average Bonchev–Trinajstić information content (AvgIpc) is 4.05. The number of phenols is 2. The highest BCUT2D eigenvalue weighted by molar-refractivity contribution is 5.44. The zero-order valence-corrected chi connectivity index (χ0v) is 31.0. The molecule has 10 nitrogen and oxygen atoms in total. The zero-order valence-electron chi connectivity index (χ0n) is 31.0. The maximum Gasteiger partial charge on any atom is 0.131 e. The number of epoxide rings is 2. The van der Waals surface area contributed by atoms with Crippen LogP contribution in [-0.4, -0.2) is 48.8 Å². The molecule has 288 valence electrons. The predicted molar refractivity (Wildman–Crippen MR) is 211 cm³/mol. The van der Waals surface area contributed by atoms with Crippen molar-refractivity contribution in [2.45, 2.75) is 32.0 Å². The topological polar surface area (TPSA) is 121 Å². The molecule has 56 heavy (non-hydrogen) atoms. The van der Waals surface area contributed by atoms with E-state index in [9.17, 15) is 10.2 Å². The lowest BCUT2D eigenvalue weighted by molar-refractivity contribution is 0.262. The third-order valence-corrected chi connectivity index (χ3v) is 8.32. The zero-order chi connectivity index (χ0) is 38.5. The maximum atomic E-state index is 9.44. The molecule has 6 aromatic carbocycles. The molecule has 0 radical (unpaired) electrons. The van der Waals surface area contributed by atoms with Gasteiger partial charge in [0.25, 0.3) is 0 Å². The van der Waals surface area contributed by atoms with E-state index in [-0.39, 0.29) is 17.6 Å². The summed E-state index contributed by atoms with van der Waals surface area (Å²) in [5.41, 5.74) is 0. The van der Waals surface area contributed by atoms with E-state index in [1.807, 2.05) is 72.8 Å². The van der Waals surface area contributed by atoms with Crippen LogP contribution in [0.3, 0.4) is 0 Å². The average molecular weight is 757 g/mol. The molecule has 0 aromatic heterocycles. The van der Waals surface area contributed by atoms with Gasteiger partial charge in [-0.15, -0.1) is 0 Å². The van der Waals surface area contributed by atoms with Gasteiger partial charge in [-0.25, -0.2) is 0 Å². The summed E-state index contributed by atoms with van der Waals surface area (Å²) < 4.78 is 44.8. The Hall–Kier alpha value is -6.36. The standard InChI is InChI=1S/C25H24O5.C18H14O4.C3H6O/c1-4-19(26-15-18-10-11-18)12-21(6-1)29-23-8-3-9-24(14-23)30-22-7-2-5-20(13-22)27-16-25-17-28-25;19-13-4-1-6-15(10-13)21-17-8-3-9-18(12-17)22-16-7-2-5-14(20)11-16;1-3-2-4-3/h1-9,12-14,18,25H,10-11,15-17H2;1-12,19-20H;3H,2H2,1H3.